The number of benzene rings is 2. The first-order chi connectivity index (χ1) is 17.5. The van der Waals surface area contributed by atoms with Gasteiger partial charge < -0.3 is 5.32 Å². The zero-order chi connectivity index (χ0) is 24.5. The van der Waals surface area contributed by atoms with Crippen molar-refractivity contribution in [3.63, 3.8) is 0 Å². The summed E-state index contributed by atoms with van der Waals surface area (Å²) in [6.45, 7) is 0. The van der Waals surface area contributed by atoms with Gasteiger partial charge in [-0.3, -0.25) is 4.79 Å². The number of nitrogens with zero attached hydrogens (tertiary/aromatic N) is 2. The quantitative estimate of drug-likeness (QED) is 0.375. The third kappa shape index (κ3) is 5.07. The Bertz CT molecular complexity index is 1190. The lowest BCUT2D eigenvalue weighted by Crippen LogP contribution is -2.47. The van der Waals surface area contributed by atoms with Crippen molar-refractivity contribution < 1.29 is 9.18 Å². The van der Waals surface area contributed by atoms with Crippen molar-refractivity contribution in [2.45, 2.75) is 64.2 Å². The van der Waals surface area contributed by atoms with Gasteiger partial charge in [0.1, 0.15) is 5.82 Å². The monoisotopic (exact) mass is 483 g/mol. The number of rotatable bonds is 8. The summed E-state index contributed by atoms with van der Waals surface area (Å²) in [4.78, 5) is 22.6. The fourth-order valence-electron chi connectivity index (χ4n) is 7.57. The standard InChI is InChI=1S/C31H34FN3O/c32-26-11-9-25(10-12-26)28-20-33-30(35-29(36)8-4-7-21-5-2-1-3-6-21)27(34-28)19-31-16-22-13-23(17-31)15-24(14-22)18-31/h1-3,5-6,9-12,20,22-24H,4,7-8,13-19H2,(H,33,35,36). The number of halogens is 1. The number of hydrogen-bond donors (Lipinski definition) is 1. The SMILES string of the molecule is O=C(CCCc1ccccc1)Nc1ncc(-c2ccc(F)cc2)nc1CC12CC3CC(CC(C3)C1)C2. The topological polar surface area (TPSA) is 54.9 Å². The van der Waals surface area contributed by atoms with Crippen molar-refractivity contribution in [3.8, 4) is 11.3 Å². The smallest absolute Gasteiger partial charge is 0.225 e. The second-order valence-corrected chi connectivity index (χ2v) is 11.5. The summed E-state index contributed by atoms with van der Waals surface area (Å²) in [6.07, 6.45) is 12.7. The van der Waals surface area contributed by atoms with E-state index in [-0.39, 0.29) is 17.1 Å². The van der Waals surface area contributed by atoms with E-state index < -0.39 is 0 Å². The number of carbonyl (C=O) groups excluding carboxylic acids is 1. The van der Waals surface area contributed by atoms with E-state index in [0.717, 1.165) is 54.0 Å². The van der Waals surface area contributed by atoms with Crippen molar-refractivity contribution in [1.82, 2.24) is 9.97 Å². The summed E-state index contributed by atoms with van der Waals surface area (Å²) in [7, 11) is 0. The van der Waals surface area contributed by atoms with Gasteiger partial charge in [-0.2, -0.15) is 0 Å². The summed E-state index contributed by atoms with van der Waals surface area (Å²) in [5.41, 5.74) is 3.98. The zero-order valence-corrected chi connectivity index (χ0v) is 20.8. The second kappa shape index (κ2) is 9.76. The van der Waals surface area contributed by atoms with E-state index in [4.69, 9.17) is 9.97 Å². The normalized spacial score (nSPS) is 26.2. The number of nitrogens with one attached hydrogen (secondary N) is 1. The molecule has 1 aromatic heterocycles. The van der Waals surface area contributed by atoms with Gasteiger partial charge in [0.05, 0.1) is 17.6 Å². The predicted molar refractivity (Wildman–Crippen MR) is 140 cm³/mol. The summed E-state index contributed by atoms with van der Waals surface area (Å²) in [5.74, 6) is 2.87. The molecule has 4 aliphatic rings. The molecule has 7 rings (SSSR count). The van der Waals surface area contributed by atoms with Gasteiger partial charge in [0.25, 0.3) is 0 Å². The Balaban J connectivity index is 1.22. The Kier molecular flexibility index (Phi) is 6.32. The second-order valence-electron chi connectivity index (χ2n) is 11.5. The molecule has 0 aliphatic heterocycles. The molecular formula is C31H34FN3O. The highest BCUT2D eigenvalue weighted by atomic mass is 19.1. The molecule has 4 nitrogen and oxygen atoms in total. The van der Waals surface area contributed by atoms with E-state index in [1.807, 2.05) is 18.2 Å². The van der Waals surface area contributed by atoms with Crippen LogP contribution in [0.25, 0.3) is 11.3 Å². The molecule has 1 N–H and O–H groups in total. The minimum absolute atomic E-state index is 0.0125. The third-order valence-electron chi connectivity index (χ3n) is 8.66. The molecule has 4 fully saturated rings. The van der Waals surface area contributed by atoms with E-state index in [0.29, 0.717) is 12.2 Å². The average Bonchev–Trinajstić information content (AvgIpc) is 2.85. The molecule has 0 radical (unpaired) electrons. The number of anilines is 1. The van der Waals surface area contributed by atoms with Gasteiger partial charge in [0.2, 0.25) is 5.91 Å². The van der Waals surface area contributed by atoms with E-state index >= 15 is 0 Å². The van der Waals surface area contributed by atoms with Crippen LogP contribution >= 0.6 is 0 Å². The van der Waals surface area contributed by atoms with Crippen LogP contribution in [0.15, 0.2) is 60.8 Å². The molecule has 1 amide bonds. The van der Waals surface area contributed by atoms with Crippen LogP contribution in [0.3, 0.4) is 0 Å². The first kappa shape index (κ1) is 23.3. The number of hydrogen-bond acceptors (Lipinski definition) is 3. The molecule has 186 valence electrons. The lowest BCUT2D eigenvalue weighted by atomic mass is 9.48. The molecule has 4 aliphatic carbocycles. The molecule has 2 aromatic carbocycles. The van der Waals surface area contributed by atoms with E-state index in [1.54, 1.807) is 18.3 Å². The van der Waals surface area contributed by atoms with Crippen LogP contribution in [-0.4, -0.2) is 15.9 Å². The fourth-order valence-corrected chi connectivity index (χ4v) is 7.57. The number of aromatic nitrogens is 2. The Morgan fingerprint density at radius 3 is 2.28 bits per heavy atom. The third-order valence-corrected chi connectivity index (χ3v) is 8.66. The number of aryl methyl sites for hydroxylation is 1. The van der Waals surface area contributed by atoms with Gasteiger partial charge in [0.15, 0.2) is 5.82 Å². The van der Waals surface area contributed by atoms with E-state index in [9.17, 15) is 9.18 Å². The molecule has 0 atom stereocenters. The highest BCUT2D eigenvalue weighted by Gasteiger charge is 2.51. The molecule has 4 bridgehead atoms. The summed E-state index contributed by atoms with van der Waals surface area (Å²) >= 11 is 0. The van der Waals surface area contributed by atoms with E-state index in [2.05, 4.69) is 17.4 Å². The van der Waals surface area contributed by atoms with E-state index in [1.165, 1.54) is 56.2 Å². The molecule has 4 saturated carbocycles. The minimum atomic E-state index is -0.264. The van der Waals surface area contributed by atoms with Crippen molar-refractivity contribution in [2.75, 3.05) is 5.32 Å². The molecule has 3 aromatic rings. The Morgan fingerprint density at radius 2 is 1.61 bits per heavy atom. The minimum Gasteiger partial charge on any atom is -0.309 e. The highest BCUT2D eigenvalue weighted by Crippen LogP contribution is 2.61. The maximum Gasteiger partial charge on any atom is 0.225 e. The average molecular weight is 484 g/mol. The Hall–Kier alpha value is -3.08. The van der Waals surface area contributed by atoms with Crippen molar-refractivity contribution in [3.05, 3.63) is 77.9 Å². The van der Waals surface area contributed by atoms with Crippen LogP contribution in [0, 0.1) is 29.0 Å². The molecule has 36 heavy (non-hydrogen) atoms. The van der Waals surface area contributed by atoms with Crippen molar-refractivity contribution in [2.24, 2.45) is 23.2 Å². The van der Waals surface area contributed by atoms with Gasteiger partial charge in [-0.05, 0) is 111 Å². The lowest BCUT2D eigenvalue weighted by Gasteiger charge is -2.57. The zero-order valence-electron chi connectivity index (χ0n) is 20.8. The van der Waals surface area contributed by atoms with Gasteiger partial charge in [0, 0.05) is 12.0 Å². The van der Waals surface area contributed by atoms with Gasteiger partial charge >= 0.3 is 0 Å². The predicted octanol–water partition coefficient (Wildman–Crippen LogP) is 7.00. The first-order valence-electron chi connectivity index (χ1n) is 13.5. The van der Waals surface area contributed by atoms with Crippen LogP contribution in [0.5, 0.6) is 0 Å². The van der Waals surface area contributed by atoms with Gasteiger partial charge in [-0.1, -0.05) is 30.3 Å². The van der Waals surface area contributed by atoms with Gasteiger partial charge in [-0.25, -0.2) is 14.4 Å². The molecular weight excluding hydrogens is 449 g/mol. The maximum atomic E-state index is 13.5. The van der Waals surface area contributed by atoms with Crippen LogP contribution < -0.4 is 5.32 Å². The Labute approximate surface area is 212 Å². The molecule has 0 spiro atoms. The molecule has 5 heteroatoms. The molecule has 1 heterocycles. The van der Waals surface area contributed by atoms with Gasteiger partial charge in [-0.15, -0.1) is 0 Å². The van der Waals surface area contributed by atoms with Crippen LogP contribution in [0.4, 0.5) is 10.2 Å². The van der Waals surface area contributed by atoms with Crippen molar-refractivity contribution >= 4 is 11.7 Å². The van der Waals surface area contributed by atoms with Crippen LogP contribution in [-0.2, 0) is 17.6 Å². The summed E-state index contributed by atoms with van der Waals surface area (Å²) < 4.78 is 13.5. The summed E-state index contributed by atoms with van der Waals surface area (Å²) in [5, 5.41) is 3.09. The largest absolute Gasteiger partial charge is 0.309 e. The summed E-state index contributed by atoms with van der Waals surface area (Å²) in [6, 6.07) is 16.7. The lowest BCUT2D eigenvalue weighted by molar-refractivity contribution is -0.116. The molecule has 0 unspecified atom stereocenters. The highest BCUT2D eigenvalue weighted by molar-refractivity contribution is 5.90. The van der Waals surface area contributed by atoms with Crippen LogP contribution in [0.2, 0.25) is 0 Å². The Morgan fingerprint density at radius 1 is 0.944 bits per heavy atom. The number of carbonyl (C=O) groups is 1. The fraction of sp³-hybridized carbons (Fsp3) is 0.452. The van der Waals surface area contributed by atoms with Crippen molar-refractivity contribution in [1.29, 1.82) is 0 Å². The molecule has 0 saturated heterocycles. The number of amides is 1. The van der Waals surface area contributed by atoms with Crippen LogP contribution in [0.1, 0.15) is 62.6 Å². The maximum absolute atomic E-state index is 13.5. The first-order valence-corrected chi connectivity index (χ1v) is 13.5.